The van der Waals surface area contributed by atoms with Gasteiger partial charge in [-0.3, -0.25) is 0 Å². The number of halogens is 3. The minimum absolute atomic E-state index is 0.0104. The van der Waals surface area contributed by atoms with Gasteiger partial charge in [-0.15, -0.1) is 0 Å². The molecule has 154 valence electrons. The van der Waals surface area contributed by atoms with Gasteiger partial charge in [0.05, 0.1) is 22.7 Å². The third-order valence-electron chi connectivity index (χ3n) is 4.70. The summed E-state index contributed by atoms with van der Waals surface area (Å²) >= 11 is 18.4. The van der Waals surface area contributed by atoms with Crippen LogP contribution >= 0.6 is 34.8 Å². The normalized spacial score (nSPS) is 11.9. The molecule has 0 saturated carbocycles. The van der Waals surface area contributed by atoms with Crippen LogP contribution in [0, 0.1) is 0 Å². The fourth-order valence-corrected chi connectivity index (χ4v) is 5.98. The Balaban J connectivity index is 2.13. The Kier molecular flexibility index (Phi) is 5.84. The Bertz CT molecular complexity index is 1330. The zero-order chi connectivity index (χ0) is 21.5. The van der Waals surface area contributed by atoms with Crippen molar-refractivity contribution in [1.82, 2.24) is 3.97 Å². The average Bonchev–Trinajstić information content (AvgIpc) is 3.02. The van der Waals surface area contributed by atoms with Gasteiger partial charge in [0, 0.05) is 33.1 Å². The molecule has 0 fully saturated rings. The molecule has 4 nitrogen and oxygen atoms in total. The number of fused-ring (bicyclic) bond motifs is 1. The summed E-state index contributed by atoms with van der Waals surface area (Å²) in [6.07, 6.45) is 0. The number of hydrogen-bond acceptors (Lipinski definition) is 3. The van der Waals surface area contributed by atoms with E-state index in [1.807, 2.05) is 30.3 Å². The molecule has 0 radical (unpaired) electrons. The number of methoxy groups -OCH3 is 1. The molecule has 0 aliphatic rings. The third kappa shape index (κ3) is 3.72. The van der Waals surface area contributed by atoms with Crippen molar-refractivity contribution in [2.24, 2.45) is 0 Å². The minimum atomic E-state index is -4.04. The second-order valence-corrected chi connectivity index (χ2v) is 9.75. The first kappa shape index (κ1) is 21.2. The van der Waals surface area contributed by atoms with Crippen LogP contribution in [0.3, 0.4) is 0 Å². The lowest BCUT2D eigenvalue weighted by molar-refractivity contribution is 0.181. The van der Waals surface area contributed by atoms with E-state index in [-0.39, 0.29) is 21.5 Å². The summed E-state index contributed by atoms with van der Waals surface area (Å²) in [6, 6.07) is 18.9. The number of rotatable bonds is 5. The molecule has 0 spiro atoms. The predicted molar refractivity (Wildman–Crippen MR) is 122 cm³/mol. The lowest BCUT2D eigenvalue weighted by Crippen LogP contribution is -2.16. The Labute approximate surface area is 189 Å². The average molecular weight is 481 g/mol. The number of nitrogens with zero attached hydrogens (tertiary/aromatic N) is 1. The predicted octanol–water partition coefficient (Wildman–Crippen LogP) is 6.65. The summed E-state index contributed by atoms with van der Waals surface area (Å²) in [6.45, 7) is 0.0735. The van der Waals surface area contributed by atoms with Gasteiger partial charge in [0.1, 0.15) is 0 Å². The summed E-state index contributed by atoms with van der Waals surface area (Å²) in [5, 5.41) is 1.68. The quantitative estimate of drug-likeness (QED) is 0.321. The Hall–Kier alpha value is -2.02. The van der Waals surface area contributed by atoms with E-state index in [1.54, 1.807) is 18.2 Å². The van der Waals surface area contributed by atoms with Gasteiger partial charge in [-0.2, -0.15) is 0 Å². The maximum atomic E-state index is 13.7. The Morgan fingerprint density at radius 1 is 0.867 bits per heavy atom. The van der Waals surface area contributed by atoms with Crippen LogP contribution in [0.4, 0.5) is 0 Å². The molecule has 4 aromatic rings. The monoisotopic (exact) mass is 479 g/mol. The van der Waals surface area contributed by atoms with Crippen molar-refractivity contribution in [1.29, 1.82) is 0 Å². The van der Waals surface area contributed by atoms with E-state index in [1.165, 1.54) is 29.3 Å². The molecule has 1 heterocycles. The SMILES string of the molecule is COCc1c(-c2ccccc2)c2cc(Cl)ccc2n1S(=O)(=O)c1cc(Cl)cc(Cl)c1. The summed E-state index contributed by atoms with van der Waals surface area (Å²) in [5.41, 5.74) is 2.57. The smallest absolute Gasteiger partial charge is 0.268 e. The van der Waals surface area contributed by atoms with E-state index in [2.05, 4.69) is 0 Å². The maximum Gasteiger partial charge on any atom is 0.268 e. The molecule has 0 unspecified atom stereocenters. The van der Waals surface area contributed by atoms with Gasteiger partial charge in [-0.05, 0) is 42.0 Å². The molecule has 3 aromatic carbocycles. The maximum absolute atomic E-state index is 13.7. The first-order chi connectivity index (χ1) is 14.3. The van der Waals surface area contributed by atoms with Crippen molar-refractivity contribution in [2.75, 3.05) is 7.11 Å². The number of ether oxygens (including phenoxy) is 1. The minimum Gasteiger partial charge on any atom is -0.378 e. The molecular formula is C22H16Cl3NO3S. The van der Waals surface area contributed by atoms with Gasteiger partial charge >= 0.3 is 0 Å². The van der Waals surface area contributed by atoms with E-state index in [0.717, 1.165) is 11.1 Å². The van der Waals surface area contributed by atoms with Crippen LogP contribution < -0.4 is 0 Å². The van der Waals surface area contributed by atoms with Gasteiger partial charge in [0.15, 0.2) is 0 Å². The highest BCUT2D eigenvalue weighted by atomic mass is 35.5. The molecule has 1 aromatic heterocycles. The van der Waals surface area contributed by atoms with Gasteiger partial charge in [-0.25, -0.2) is 12.4 Å². The highest BCUT2D eigenvalue weighted by Crippen LogP contribution is 2.39. The number of aromatic nitrogens is 1. The molecule has 0 aliphatic carbocycles. The molecule has 0 bridgehead atoms. The summed E-state index contributed by atoms with van der Waals surface area (Å²) < 4.78 is 34.2. The van der Waals surface area contributed by atoms with Crippen LogP contribution in [0.1, 0.15) is 5.69 Å². The van der Waals surface area contributed by atoms with Crippen LogP contribution in [-0.4, -0.2) is 19.5 Å². The van der Waals surface area contributed by atoms with Gasteiger partial charge in [-0.1, -0.05) is 65.1 Å². The van der Waals surface area contributed by atoms with Crippen LogP contribution in [0.25, 0.3) is 22.0 Å². The fraction of sp³-hybridized carbons (Fsp3) is 0.0909. The molecule has 0 atom stereocenters. The largest absolute Gasteiger partial charge is 0.378 e. The topological polar surface area (TPSA) is 48.3 Å². The molecule has 0 saturated heterocycles. The summed E-state index contributed by atoms with van der Waals surface area (Å²) in [4.78, 5) is -0.0104. The fourth-order valence-electron chi connectivity index (χ4n) is 3.54. The zero-order valence-corrected chi connectivity index (χ0v) is 18.9. The highest BCUT2D eigenvalue weighted by Gasteiger charge is 2.28. The standard InChI is InChI=1S/C22H16Cl3NO3S/c1-29-13-21-22(14-5-3-2-4-6-14)19-12-15(23)7-8-20(19)26(21)30(27,28)18-10-16(24)9-17(25)11-18/h2-12H,13H2,1H3. The number of hydrogen-bond donors (Lipinski definition) is 0. The zero-order valence-electron chi connectivity index (χ0n) is 15.8. The van der Waals surface area contributed by atoms with E-state index < -0.39 is 10.0 Å². The van der Waals surface area contributed by atoms with Crippen LogP contribution in [0.5, 0.6) is 0 Å². The molecule has 0 N–H and O–H groups in total. The van der Waals surface area contributed by atoms with Gasteiger partial charge in [0.2, 0.25) is 0 Å². The van der Waals surface area contributed by atoms with Crippen molar-refractivity contribution < 1.29 is 13.2 Å². The van der Waals surface area contributed by atoms with Crippen molar-refractivity contribution in [3.05, 3.63) is 87.5 Å². The third-order valence-corrected chi connectivity index (χ3v) is 7.10. The lowest BCUT2D eigenvalue weighted by Gasteiger charge is -2.13. The molecule has 0 amide bonds. The summed E-state index contributed by atoms with van der Waals surface area (Å²) in [5.74, 6) is 0. The lowest BCUT2D eigenvalue weighted by atomic mass is 10.0. The number of benzene rings is 3. The highest BCUT2D eigenvalue weighted by molar-refractivity contribution is 7.90. The van der Waals surface area contributed by atoms with Crippen molar-refractivity contribution in [3.63, 3.8) is 0 Å². The van der Waals surface area contributed by atoms with Gasteiger partial charge in [0.25, 0.3) is 10.0 Å². The van der Waals surface area contributed by atoms with Crippen LogP contribution in [-0.2, 0) is 21.4 Å². The Morgan fingerprint density at radius 3 is 2.17 bits per heavy atom. The van der Waals surface area contributed by atoms with Crippen molar-refractivity contribution >= 4 is 55.7 Å². The first-order valence-corrected chi connectivity index (χ1v) is 11.5. The van der Waals surface area contributed by atoms with Crippen LogP contribution in [0.15, 0.2) is 71.6 Å². The molecule has 30 heavy (non-hydrogen) atoms. The summed E-state index contributed by atoms with van der Waals surface area (Å²) in [7, 11) is -2.52. The molecule has 8 heteroatoms. The second-order valence-electron chi connectivity index (χ2n) is 6.66. The van der Waals surface area contributed by atoms with E-state index >= 15 is 0 Å². The van der Waals surface area contributed by atoms with Gasteiger partial charge < -0.3 is 4.74 Å². The van der Waals surface area contributed by atoms with E-state index in [0.29, 0.717) is 21.6 Å². The molecule has 4 rings (SSSR count). The van der Waals surface area contributed by atoms with E-state index in [9.17, 15) is 8.42 Å². The first-order valence-electron chi connectivity index (χ1n) is 8.92. The molecule has 0 aliphatic heterocycles. The Morgan fingerprint density at radius 2 is 1.53 bits per heavy atom. The van der Waals surface area contributed by atoms with Crippen molar-refractivity contribution in [3.8, 4) is 11.1 Å². The van der Waals surface area contributed by atoms with Crippen LogP contribution in [0.2, 0.25) is 15.1 Å². The van der Waals surface area contributed by atoms with Crippen molar-refractivity contribution in [2.45, 2.75) is 11.5 Å². The van der Waals surface area contributed by atoms with E-state index in [4.69, 9.17) is 39.5 Å². The second kappa shape index (κ2) is 8.25. The molecular weight excluding hydrogens is 465 g/mol.